The lowest BCUT2D eigenvalue weighted by Gasteiger charge is -2.10. The summed E-state index contributed by atoms with van der Waals surface area (Å²) < 4.78 is 10.9. The Balaban J connectivity index is 1.60. The first-order valence-corrected chi connectivity index (χ1v) is 9.68. The summed E-state index contributed by atoms with van der Waals surface area (Å²) in [6, 6.07) is 14.0. The number of para-hydroxylation sites is 1. The Labute approximate surface area is 151 Å². The normalized spacial score (nSPS) is 13.2. The van der Waals surface area contributed by atoms with Gasteiger partial charge in [0.1, 0.15) is 11.3 Å². The van der Waals surface area contributed by atoms with Crippen molar-refractivity contribution in [1.29, 1.82) is 0 Å². The second-order valence-corrected chi connectivity index (χ2v) is 7.35. The summed E-state index contributed by atoms with van der Waals surface area (Å²) in [6.07, 6.45) is 3.40. The van der Waals surface area contributed by atoms with Crippen LogP contribution in [-0.4, -0.2) is 7.11 Å². The van der Waals surface area contributed by atoms with Crippen molar-refractivity contribution >= 4 is 22.7 Å². The average Bonchev–Trinajstić information content (AvgIpc) is 3.07. The van der Waals surface area contributed by atoms with Gasteiger partial charge in [0, 0.05) is 28.5 Å². The number of hydrogen-bond donors (Lipinski definition) is 0. The van der Waals surface area contributed by atoms with Gasteiger partial charge < -0.3 is 9.15 Å². The molecule has 4 rings (SSSR count). The molecular formula is C21H20O3S. The van der Waals surface area contributed by atoms with Crippen molar-refractivity contribution in [3.8, 4) is 5.75 Å². The van der Waals surface area contributed by atoms with Crippen molar-refractivity contribution < 1.29 is 9.15 Å². The van der Waals surface area contributed by atoms with Crippen molar-refractivity contribution in [2.24, 2.45) is 0 Å². The summed E-state index contributed by atoms with van der Waals surface area (Å²) in [4.78, 5) is 11.9. The number of rotatable bonds is 5. The summed E-state index contributed by atoms with van der Waals surface area (Å²) >= 11 is 1.79. The maximum absolute atomic E-state index is 11.9. The first kappa shape index (κ1) is 16.3. The molecule has 4 heteroatoms. The molecule has 0 radical (unpaired) electrons. The van der Waals surface area contributed by atoms with Crippen LogP contribution in [-0.2, 0) is 24.3 Å². The Bertz CT molecular complexity index is 975. The molecule has 0 saturated heterocycles. The van der Waals surface area contributed by atoms with Crippen LogP contribution >= 0.6 is 11.8 Å². The van der Waals surface area contributed by atoms with Gasteiger partial charge >= 0.3 is 5.63 Å². The van der Waals surface area contributed by atoms with Crippen LogP contribution in [0.4, 0.5) is 0 Å². The molecule has 25 heavy (non-hydrogen) atoms. The number of hydrogen-bond acceptors (Lipinski definition) is 4. The number of benzene rings is 2. The molecule has 0 N–H and O–H groups in total. The SMILES string of the molecule is COc1ccccc1CSCc1cc(=O)oc2cc3c(cc12)CCC3. The molecule has 1 aliphatic carbocycles. The first-order chi connectivity index (χ1) is 12.2. The van der Waals surface area contributed by atoms with E-state index >= 15 is 0 Å². The van der Waals surface area contributed by atoms with Crippen LogP contribution < -0.4 is 10.4 Å². The lowest BCUT2D eigenvalue weighted by atomic mass is 10.0. The summed E-state index contributed by atoms with van der Waals surface area (Å²) in [6.45, 7) is 0. The summed E-state index contributed by atoms with van der Waals surface area (Å²) in [5.41, 5.74) is 5.41. The van der Waals surface area contributed by atoms with Crippen LogP contribution in [0.3, 0.4) is 0 Å². The molecule has 0 amide bonds. The van der Waals surface area contributed by atoms with Gasteiger partial charge in [0.05, 0.1) is 7.11 Å². The Morgan fingerprint density at radius 2 is 1.80 bits per heavy atom. The minimum absolute atomic E-state index is 0.265. The van der Waals surface area contributed by atoms with Crippen LogP contribution in [0.2, 0.25) is 0 Å². The predicted molar refractivity (Wildman–Crippen MR) is 103 cm³/mol. The molecule has 128 valence electrons. The van der Waals surface area contributed by atoms with Crippen molar-refractivity contribution in [3.63, 3.8) is 0 Å². The van der Waals surface area contributed by atoms with Crippen molar-refractivity contribution in [2.75, 3.05) is 7.11 Å². The zero-order chi connectivity index (χ0) is 17.2. The Hall–Kier alpha value is -2.20. The van der Waals surface area contributed by atoms with E-state index < -0.39 is 0 Å². The molecule has 0 aliphatic heterocycles. The van der Waals surface area contributed by atoms with Gasteiger partial charge in [-0.05, 0) is 54.2 Å². The van der Waals surface area contributed by atoms with Gasteiger partial charge in [-0.3, -0.25) is 0 Å². The Morgan fingerprint density at radius 1 is 1.04 bits per heavy atom. The van der Waals surface area contributed by atoms with E-state index in [0.717, 1.165) is 46.6 Å². The number of methoxy groups -OCH3 is 1. The molecule has 0 atom stereocenters. The molecule has 3 aromatic rings. The second kappa shape index (κ2) is 6.96. The zero-order valence-corrected chi connectivity index (χ0v) is 15.0. The smallest absolute Gasteiger partial charge is 0.336 e. The highest BCUT2D eigenvalue weighted by atomic mass is 32.2. The van der Waals surface area contributed by atoms with Crippen molar-refractivity contribution in [3.05, 3.63) is 75.1 Å². The Kier molecular flexibility index (Phi) is 4.53. The van der Waals surface area contributed by atoms with E-state index in [1.165, 1.54) is 23.1 Å². The number of fused-ring (bicyclic) bond motifs is 2. The van der Waals surface area contributed by atoms with E-state index in [0.29, 0.717) is 0 Å². The highest BCUT2D eigenvalue weighted by Crippen LogP contribution is 2.31. The molecule has 1 aliphatic rings. The Morgan fingerprint density at radius 3 is 2.64 bits per heavy atom. The fourth-order valence-electron chi connectivity index (χ4n) is 3.51. The van der Waals surface area contributed by atoms with E-state index in [1.807, 2.05) is 18.2 Å². The third kappa shape index (κ3) is 3.31. The summed E-state index contributed by atoms with van der Waals surface area (Å²) in [5, 5.41) is 1.08. The molecule has 3 nitrogen and oxygen atoms in total. The fourth-order valence-corrected chi connectivity index (χ4v) is 4.53. The molecule has 1 heterocycles. The highest BCUT2D eigenvalue weighted by molar-refractivity contribution is 7.97. The number of aryl methyl sites for hydroxylation is 2. The maximum atomic E-state index is 11.9. The molecule has 0 fully saturated rings. The van der Waals surface area contributed by atoms with E-state index in [1.54, 1.807) is 24.9 Å². The average molecular weight is 352 g/mol. The largest absolute Gasteiger partial charge is 0.496 e. The molecule has 0 spiro atoms. The second-order valence-electron chi connectivity index (χ2n) is 6.37. The van der Waals surface area contributed by atoms with Crippen molar-refractivity contribution in [2.45, 2.75) is 30.8 Å². The maximum Gasteiger partial charge on any atom is 0.336 e. The first-order valence-electron chi connectivity index (χ1n) is 8.53. The van der Waals surface area contributed by atoms with Gasteiger partial charge in [0.25, 0.3) is 0 Å². The topological polar surface area (TPSA) is 39.4 Å². The molecule has 0 unspecified atom stereocenters. The van der Waals surface area contributed by atoms with Crippen LogP contribution in [0.15, 0.2) is 51.7 Å². The van der Waals surface area contributed by atoms with Crippen LogP contribution in [0.1, 0.15) is 28.7 Å². The quantitative estimate of drug-likeness (QED) is 0.623. The minimum atomic E-state index is -0.265. The summed E-state index contributed by atoms with van der Waals surface area (Å²) in [7, 11) is 1.69. The van der Waals surface area contributed by atoms with Gasteiger partial charge in [-0.2, -0.15) is 11.8 Å². The van der Waals surface area contributed by atoms with E-state index in [4.69, 9.17) is 9.15 Å². The van der Waals surface area contributed by atoms with Crippen LogP contribution in [0, 0.1) is 0 Å². The van der Waals surface area contributed by atoms with Crippen LogP contribution in [0.5, 0.6) is 5.75 Å². The zero-order valence-electron chi connectivity index (χ0n) is 14.2. The highest BCUT2D eigenvalue weighted by Gasteiger charge is 2.15. The molecule has 1 aromatic heterocycles. The van der Waals surface area contributed by atoms with Gasteiger partial charge in [-0.1, -0.05) is 18.2 Å². The van der Waals surface area contributed by atoms with Gasteiger partial charge in [-0.15, -0.1) is 0 Å². The standard InChI is InChI=1S/C21H20O3S/c1-23-19-8-3-2-5-16(19)12-25-13-17-11-21(22)24-20-10-15-7-4-6-14(15)9-18(17)20/h2-3,5,8-11H,4,6-7,12-13H2,1H3. The van der Waals surface area contributed by atoms with E-state index in [9.17, 15) is 4.79 Å². The number of thioether (sulfide) groups is 1. The van der Waals surface area contributed by atoms with Crippen LogP contribution in [0.25, 0.3) is 11.0 Å². The van der Waals surface area contributed by atoms with E-state index in [-0.39, 0.29) is 5.63 Å². The van der Waals surface area contributed by atoms with Crippen molar-refractivity contribution in [1.82, 2.24) is 0 Å². The number of ether oxygens (including phenoxy) is 1. The molecule has 0 saturated carbocycles. The molecular weight excluding hydrogens is 332 g/mol. The summed E-state index contributed by atoms with van der Waals surface area (Å²) in [5.74, 6) is 2.53. The molecule has 2 aromatic carbocycles. The monoisotopic (exact) mass is 352 g/mol. The van der Waals surface area contributed by atoms with Gasteiger partial charge in [0.15, 0.2) is 0 Å². The lowest BCUT2D eigenvalue weighted by molar-refractivity contribution is 0.411. The molecule has 0 bridgehead atoms. The van der Waals surface area contributed by atoms with Gasteiger partial charge in [-0.25, -0.2) is 4.79 Å². The third-order valence-corrected chi connectivity index (χ3v) is 5.78. The van der Waals surface area contributed by atoms with E-state index in [2.05, 4.69) is 18.2 Å². The fraction of sp³-hybridized carbons (Fsp3) is 0.286. The predicted octanol–water partition coefficient (Wildman–Crippen LogP) is 4.72. The third-order valence-electron chi connectivity index (χ3n) is 4.75. The van der Waals surface area contributed by atoms with Gasteiger partial charge in [0.2, 0.25) is 0 Å². The lowest BCUT2D eigenvalue weighted by Crippen LogP contribution is -2.01. The minimum Gasteiger partial charge on any atom is -0.496 e.